The van der Waals surface area contributed by atoms with Gasteiger partial charge in [0.25, 0.3) is 0 Å². The summed E-state index contributed by atoms with van der Waals surface area (Å²) in [6.45, 7) is 3.15. The van der Waals surface area contributed by atoms with E-state index in [-0.39, 0.29) is 24.8 Å². The van der Waals surface area contributed by atoms with Crippen molar-refractivity contribution in [3.05, 3.63) is 34.9 Å². The Labute approximate surface area is 145 Å². The molecule has 0 spiro atoms. The Hall–Kier alpha value is -2.12. The summed E-state index contributed by atoms with van der Waals surface area (Å²) in [6, 6.07) is 5.26. The number of carbonyl (C=O) groups excluding carboxylic acids is 2. The number of amides is 2. The van der Waals surface area contributed by atoms with Crippen molar-refractivity contribution in [1.29, 1.82) is 0 Å². The molecule has 0 fully saturated rings. The van der Waals surface area contributed by atoms with Crippen molar-refractivity contribution < 1.29 is 19.5 Å². The van der Waals surface area contributed by atoms with E-state index in [0.717, 1.165) is 5.56 Å². The van der Waals surface area contributed by atoms with Crippen LogP contribution in [-0.2, 0) is 14.4 Å². The van der Waals surface area contributed by atoms with E-state index in [4.69, 9.17) is 22.4 Å². The van der Waals surface area contributed by atoms with Crippen LogP contribution in [0.2, 0.25) is 5.02 Å². The van der Waals surface area contributed by atoms with Crippen LogP contribution in [0.1, 0.15) is 31.7 Å². The maximum absolute atomic E-state index is 12.0. The third-order valence-corrected chi connectivity index (χ3v) is 3.71. The van der Waals surface area contributed by atoms with Crippen molar-refractivity contribution in [1.82, 2.24) is 10.6 Å². The zero-order valence-electron chi connectivity index (χ0n) is 13.6. The Morgan fingerprint density at radius 3 is 2.29 bits per heavy atom. The molecule has 1 aromatic carbocycles. The molecule has 2 amide bonds. The minimum Gasteiger partial charge on any atom is -0.480 e. The zero-order valence-corrected chi connectivity index (χ0v) is 14.3. The molecule has 8 heteroatoms. The molecule has 0 aliphatic rings. The van der Waals surface area contributed by atoms with Crippen LogP contribution in [0, 0.1) is 0 Å². The van der Waals surface area contributed by atoms with Crippen molar-refractivity contribution in [3.8, 4) is 0 Å². The minimum absolute atomic E-state index is 0.0263. The van der Waals surface area contributed by atoms with Gasteiger partial charge in [0.15, 0.2) is 0 Å². The van der Waals surface area contributed by atoms with Crippen molar-refractivity contribution >= 4 is 29.4 Å². The fourth-order valence-corrected chi connectivity index (χ4v) is 2.14. The summed E-state index contributed by atoms with van der Waals surface area (Å²) in [7, 11) is 0. The van der Waals surface area contributed by atoms with Crippen LogP contribution in [-0.4, -0.2) is 41.5 Å². The molecule has 3 atom stereocenters. The van der Waals surface area contributed by atoms with E-state index in [1.54, 1.807) is 31.2 Å². The molecule has 7 nitrogen and oxygen atoms in total. The second-order valence-corrected chi connectivity index (χ2v) is 6.05. The lowest BCUT2D eigenvalue weighted by molar-refractivity contribution is -0.141. The molecule has 1 unspecified atom stereocenters. The van der Waals surface area contributed by atoms with Gasteiger partial charge in [0.1, 0.15) is 6.04 Å². The number of hydrogen-bond donors (Lipinski definition) is 4. The first-order chi connectivity index (χ1) is 11.2. The largest absolute Gasteiger partial charge is 0.480 e. The molecule has 0 bridgehead atoms. The van der Waals surface area contributed by atoms with Crippen LogP contribution < -0.4 is 16.4 Å². The molecule has 1 rings (SSSR count). The van der Waals surface area contributed by atoms with Crippen LogP contribution in [0.5, 0.6) is 0 Å². The lowest BCUT2D eigenvalue weighted by Crippen LogP contribution is -2.42. The van der Waals surface area contributed by atoms with Gasteiger partial charge in [-0.1, -0.05) is 23.7 Å². The van der Waals surface area contributed by atoms with Gasteiger partial charge < -0.3 is 21.5 Å². The highest BCUT2D eigenvalue weighted by atomic mass is 35.5. The quantitative estimate of drug-likeness (QED) is 0.551. The van der Waals surface area contributed by atoms with E-state index in [1.165, 1.54) is 6.92 Å². The first-order valence-corrected chi connectivity index (χ1v) is 7.89. The third-order valence-electron chi connectivity index (χ3n) is 3.46. The summed E-state index contributed by atoms with van der Waals surface area (Å²) in [4.78, 5) is 34.5. The molecule has 1 aromatic rings. The maximum atomic E-state index is 12.0. The number of nitrogens with two attached hydrogens (primary N) is 1. The van der Waals surface area contributed by atoms with Crippen LogP contribution >= 0.6 is 11.6 Å². The number of hydrogen-bond acceptors (Lipinski definition) is 4. The fourth-order valence-electron chi connectivity index (χ4n) is 2.01. The summed E-state index contributed by atoms with van der Waals surface area (Å²) in [5.41, 5.74) is 6.31. The van der Waals surface area contributed by atoms with Crippen LogP contribution in [0.25, 0.3) is 0 Å². The molecule has 5 N–H and O–H groups in total. The Morgan fingerprint density at radius 1 is 1.21 bits per heavy atom. The minimum atomic E-state index is -1.11. The van der Waals surface area contributed by atoms with E-state index in [1.807, 2.05) is 0 Å². The van der Waals surface area contributed by atoms with Crippen molar-refractivity contribution in [2.75, 3.05) is 6.54 Å². The number of carbonyl (C=O) groups is 3. The summed E-state index contributed by atoms with van der Waals surface area (Å²) < 4.78 is 0. The molecule has 0 aliphatic carbocycles. The third kappa shape index (κ3) is 6.55. The predicted octanol–water partition coefficient (Wildman–Crippen LogP) is 0.866. The van der Waals surface area contributed by atoms with E-state index >= 15 is 0 Å². The van der Waals surface area contributed by atoms with Gasteiger partial charge in [0.2, 0.25) is 11.8 Å². The number of nitrogens with one attached hydrogen (secondary N) is 2. The molecule has 0 heterocycles. The second-order valence-electron chi connectivity index (χ2n) is 5.61. The van der Waals surface area contributed by atoms with Gasteiger partial charge in [-0.2, -0.15) is 0 Å². The molecular formula is C16H22ClN3O4. The highest BCUT2D eigenvalue weighted by molar-refractivity contribution is 6.30. The number of carboxylic acid groups (broad SMARTS) is 1. The van der Waals surface area contributed by atoms with Gasteiger partial charge in [-0.15, -0.1) is 0 Å². The van der Waals surface area contributed by atoms with Crippen molar-refractivity contribution in [2.24, 2.45) is 5.73 Å². The Balaban J connectivity index is 2.80. The SMILES string of the molecule is C[C@H](N)C(=O)NCC(CC(=O)N[C@@H](C)C(=O)O)c1ccc(Cl)cc1. The first kappa shape index (κ1) is 19.9. The van der Waals surface area contributed by atoms with E-state index in [9.17, 15) is 14.4 Å². The van der Waals surface area contributed by atoms with E-state index in [2.05, 4.69) is 10.6 Å². The lowest BCUT2D eigenvalue weighted by atomic mass is 9.95. The number of benzene rings is 1. The summed E-state index contributed by atoms with van der Waals surface area (Å²) >= 11 is 5.86. The fraction of sp³-hybridized carbons (Fsp3) is 0.438. The molecule has 0 radical (unpaired) electrons. The second kappa shape index (κ2) is 9.24. The van der Waals surface area contributed by atoms with E-state index < -0.39 is 24.0 Å². The van der Waals surface area contributed by atoms with Gasteiger partial charge in [-0.05, 0) is 31.5 Å². The predicted molar refractivity (Wildman–Crippen MR) is 90.7 cm³/mol. The van der Waals surface area contributed by atoms with Gasteiger partial charge in [-0.25, -0.2) is 0 Å². The molecule has 0 saturated carbocycles. The molecular weight excluding hydrogens is 334 g/mol. The van der Waals surface area contributed by atoms with Gasteiger partial charge >= 0.3 is 5.97 Å². The monoisotopic (exact) mass is 355 g/mol. The highest BCUT2D eigenvalue weighted by Crippen LogP contribution is 2.21. The molecule has 0 saturated heterocycles. The summed E-state index contributed by atoms with van der Waals surface area (Å²) in [6.07, 6.45) is 0.0263. The standard InChI is InChI=1S/C16H22ClN3O4/c1-9(18)15(22)19-8-12(11-3-5-13(17)6-4-11)7-14(21)20-10(2)16(23)24/h3-6,9-10,12H,7-8,18H2,1-2H3,(H,19,22)(H,20,21)(H,23,24)/t9-,10-,12?/m0/s1. The topological polar surface area (TPSA) is 122 Å². The van der Waals surface area contributed by atoms with Gasteiger partial charge in [0, 0.05) is 23.9 Å². The Morgan fingerprint density at radius 2 is 1.79 bits per heavy atom. The Kier molecular flexibility index (Phi) is 7.67. The summed E-state index contributed by atoms with van der Waals surface area (Å²) in [5, 5.41) is 14.5. The number of rotatable bonds is 8. The smallest absolute Gasteiger partial charge is 0.325 e. The molecule has 132 valence electrons. The molecule has 0 aromatic heterocycles. The van der Waals surface area contributed by atoms with Crippen LogP contribution in [0.15, 0.2) is 24.3 Å². The van der Waals surface area contributed by atoms with Crippen molar-refractivity contribution in [2.45, 2.75) is 38.3 Å². The van der Waals surface area contributed by atoms with Gasteiger partial charge in [0.05, 0.1) is 6.04 Å². The lowest BCUT2D eigenvalue weighted by Gasteiger charge is -2.19. The van der Waals surface area contributed by atoms with Crippen LogP contribution in [0.4, 0.5) is 0 Å². The van der Waals surface area contributed by atoms with Crippen molar-refractivity contribution in [3.63, 3.8) is 0 Å². The van der Waals surface area contributed by atoms with E-state index in [0.29, 0.717) is 5.02 Å². The summed E-state index contributed by atoms with van der Waals surface area (Å²) in [5.74, 6) is -2.18. The number of halogens is 1. The maximum Gasteiger partial charge on any atom is 0.325 e. The Bertz CT molecular complexity index is 589. The number of carboxylic acids is 1. The zero-order chi connectivity index (χ0) is 18.3. The van der Waals surface area contributed by atoms with Crippen LogP contribution in [0.3, 0.4) is 0 Å². The van der Waals surface area contributed by atoms with Gasteiger partial charge in [-0.3, -0.25) is 14.4 Å². The first-order valence-electron chi connectivity index (χ1n) is 7.51. The highest BCUT2D eigenvalue weighted by Gasteiger charge is 2.21. The average Bonchev–Trinajstić information content (AvgIpc) is 2.51. The average molecular weight is 356 g/mol. The molecule has 24 heavy (non-hydrogen) atoms. The normalized spacial score (nSPS) is 14.3. The number of aliphatic carboxylic acids is 1. The molecule has 0 aliphatic heterocycles.